The van der Waals surface area contributed by atoms with E-state index in [1.165, 1.54) is 0 Å². The van der Waals surface area contributed by atoms with Gasteiger partial charge in [0.25, 0.3) is 5.91 Å². The van der Waals surface area contributed by atoms with E-state index < -0.39 is 0 Å². The highest BCUT2D eigenvalue weighted by atomic mass is 16.2. The zero-order valence-corrected chi connectivity index (χ0v) is 14.2. The number of hydrogen-bond donors (Lipinski definition) is 1. The molecule has 126 valence electrons. The summed E-state index contributed by atoms with van der Waals surface area (Å²) in [7, 11) is 0. The monoisotopic (exact) mass is 318 g/mol. The largest absolute Gasteiger partial charge is 0.367 e. The van der Waals surface area contributed by atoms with Gasteiger partial charge in [-0.05, 0) is 18.4 Å². The number of carbonyl (C=O) groups excluding carboxylic acids is 2. The van der Waals surface area contributed by atoms with Crippen molar-refractivity contribution in [3.8, 4) is 0 Å². The van der Waals surface area contributed by atoms with Gasteiger partial charge in [0.1, 0.15) is 0 Å². The summed E-state index contributed by atoms with van der Waals surface area (Å²) in [5, 5.41) is 2.93. The number of nitrogens with zero attached hydrogens (tertiary/aromatic N) is 3. The van der Waals surface area contributed by atoms with E-state index in [4.69, 9.17) is 0 Å². The van der Waals surface area contributed by atoms with E-state index in [-0.39, 0.29) is 11.8 Å². The van der Waals surface area contributed by atoms with Gasteiger partial charge in [0.15, 0.2) is 0 Å². The van der Waals surface area contributed by atoms with Crippen LogP contribution in [0.25, 0.3) is 0 Å². The van der Waals surface area contributed by atoms with Crippen molar-refractivity contribution in [3.05, 3.63) is 24.0 Å². The van der Waals surface area contributed by atoms with Crippen molar-refractivity contribution < 1.29 is 9.59 Å². The first-order valence-corrected chi connectivity index (χ1v) is 8.21. The summed E-state index contributed by atoms with van der Waals surface area (Å²) in [5.41, 5.74) is 1.52. The molecule has 2 amide bonds. The SMILES string of the molecule is CC(=O)N1CCN(c2cncc(C(=O)NCCC(C)C)c2)CC1. The third kappa shape index (κ3) is 4.94. The van der Waals surface area contributed by atoms with Gasteiger partial charge >= 0.3 is 0 Å². The number of anilines is 1. The van der Waals surface area contributed by atoms with E-state index in [2.05, 4.69) is 29.0 Å². The van der Waals surface area contributed by atoms with Gasteiger partial charge in [-0.25, -0.2) is 0 Å². The fraction of sp³-hybridized carbons (Fsp3) is 0.588. The van der Waals surface area contributed by atoms with Crippen LogP contribution in [0.2, 0.25) is 0 Å². The molecule has 0 radical (unpaired) electrons. The van der Waals surface area contributed by atoms with Crippen LogP contribution in [-0.2, 0) is 4.79 Å². The lowest BCUT2D eigenvalue weighted by Gasteiger charge is -2.35. The second-order valence-corrected chi connectivity index (χ2v) is 6.36. The van der Waals surface area contributed by atoms with Gasteiger partial charge in [-0.3, -0.25) is 14.6 Å². The van der Waals surface area contributed by atoms with Crippen molar-refractivity contribution in [2.75, 3.05) is 37.6 Å². The van der Waals surface area contributed by atoms with Crippen LogP contribution in [0.5, 0.6) is 0 Å². The minimum absolute atomic E-state index is 0.0811. The molecule has 0 aliphatic carbocycles. The van der Waals surface area contributed by atoms with E-state index >= 15 is 0 Å². The van der Waals surface area contributed by atoms with Gasteiger partial charge < -0.3 is 15.1 Å². The fourth-order valence-corrected chi connectivity index (χ4v) is 2.58. The number of piperazine rings is 1. The molecule has 0 unspecified atom stereocenters. The average Bonchev–Trinajstić information content (AvgIpc) is 2.54. The molecule has 0 bridgehead atoms. The van der Waals surface area contributed by atoms with E-state index in [1.807, 2.05) is 11.0 Å². The molecule has 1 aliphatic rings. The lowest BCUT2D eigenvalue weighted by molar-refractivity contribution is -0.129. The van der Waals surface area contributed by atoms with Crippen LogP contribution < -0.4 is 10.2 Å². The van der Waals surface area contributed by atoms with Crippen LogP contribution in [0.4, 0.5) is 5.69 Å². The number of aromatic nitrogens is 1. The summed E-state index contributed by atoms with van der Waals surface area (Å²) in [6.07, 6.45) is 4.33. The summed E-state index contributed by atoms with van der Waals surface area (Å²) in [5.74, 6) is 0.598. The molecule has 1 N–H and O–H groups in total. The first-order chi connectivity index (χ1) is 11.0. The Bertz CT molecular complexity index is 551. The maximum Gasteiger partial charge on any atom is 0.252 e. The maximum absolute atomic E-state index is 12.2. The van der Waals surface area contributed by atoms with Gasteiger partial charge in [0.2, 0.25) is 5.91 Å². The molecule has 6 nitrogen and oxygen atoms in total. The number of nitrogens with one attached hydrogen (secondary N) is 1. The Balaban J connectivity index is 1.94. The molecule has 0 spiro atoms. The molecule has 2 rings (SSSR count). The van der Waals surface area contributed by atoms with Crippen LogP contribution in [0.3, 0.4) is 0 Å². The summed E-state index contributed by atoms with van der Waals surface area (Å²) in [4.78, 5) is 31.8. The summed E-state index contributed by atoms with van der Waals surface area (Å²) in [6, 6.07) is 1.88. The van der Waals surface area contributed by atoms with Gasteiger partial charge in [-0.2, -0.15) is 0 Å². The van der Waals surface area contributed by atoms with Gasteiger partial charge in [-0.1, -0.05) is 13.8 Å². The van der Waals surface area contributed by atoms with Crippen molar-refractivity contribution in [1.29, 1.82) is 0 Å². The second kappa shape index (κ2) is 7.94. The zero-order valence-electron chi connectivity index (χ0n) is 14.2. The van der Waals surface area contributed by atoms with Gasteiger partial charge in [0, 0.05) is 45.8 Å². The smallest absolute Gasteiger partial charge is 0.252 e. The Kier molecular flexibility index (Phi) is 5.96. The minimum atomic E-state index is -0.0811. The zero-order chi connectivity index (χ0) is 16.8. The van der Waals surface area contributed by atoms with Gasteiger partial charge in [-0.15, -0.1) is 0 Å². The van der Waals surface area contributed by atoms with Crippen LogP contribution >= 0.6 is 0 Å². The Morgan fingerprint density at radius 1 is 1.22 bits per heavy atom. The number of pyridine rings is 1. The molecule has 1 aromatic heterocycles. The van der Waals surface area contributed by atoms with Crippen LogP contribution in [0.1, 0.15) is 37.6 Å². The molecule has 2 heterocycles. The minimum Gasteiger partial charge on any atom is -0.367 e. The Morgan fingerprint density at radius 3 is 2.52 bits per heavy atom. The highest BCUT2D eigenvalue weighted by molar-refractivity contribution is 5.94. The number of carbonyl (C=O) groups is 2. The fourth-order valence-electron chi connectivity index (χ4n) is 2.58. The summed E-state index contributed by atoms with van der Waals surface area (Å²) in [6.45, 7) is 9.49. The molecule has 0 aromatic carbocycles. The third-order valence-corrected chi connectivity index (χ3v) is 4.08. The molecular weight excluding hydrogens is 292 g/mol. The first kappa shape index (κ1) is 17.2. The topological polar surface area (TPSA) is 65.5 Å². The van der Waals surface area contributed by atoms with Crippen LogP contribution in [0, 0.1) is 5.92 Å². The number of hydrogen-bond acceptors (Lipinski definition) is 4. The predicted molar refractivity (Wildman–Crippen MR) is 90.5 cm³/mol. The highest BCUT2D eigenvalue weighted by Gasteiger charge is 2.19. The molecule has 23 heavy (non-hydrogen) atoms. The van der Waals surface area contributed by atoms with E-state index in [9.17, 15) is 9.59 Å². The second-order valence-electron chi connectivity index (χ2n) is 6.36. The van der Waals surface area contributed by atoms with E-state index in [1.54, 1.807) is 19.3 Å². The first-order valence-electron chi connectivity index (χ1n) is 8.21. The van der Waals surface area contributed by atoms with Crippen molar-refractivity contribution in [3.63, 3.8) is 0 Å². The van der Waals surface area contributed by atoms with E-state index in [0.717, 1.165) is 25.2 Å². The lowest BCUT2D eigenvalue weighted by Crippen LogP contribution is -2.48. The Labute approximate surface area is 137 Å². The molecule has 1 saturated heterocycles. The van der Waals surface area contributed by atoms with Crippen LogP contribution in [0.15, 0.2) is 18.5 Å². The quantitative estimate of drug-likeness (QED) is 0.894. The van der Waals surface area contributed by atoms with Crippen molar-refractivity contribution >= 4 is 17.5 Å². The molecule has 6 heteroatoms. The van der Waals surface area contributed by atoms with Gasteiger partial charge in [0.05, 0.1) is 17.4 Å². The number of amides is 2. The molecule has 1 fully saturated rings. The Morgan fingerprint density at radius 2 is 1.91 bits per heavy atom. The molecular formula is C17H26N4O2. The predicted octanol–water partition coefficient (Wildman–Crippen LogP) is 1.53. The molecule has 0 atom stereocenters. The standard InChI is InChI=1S/C17H26N4O2/c1-13(2)4-5-19-17(23)15-10-16(12-18-11-15)21-8-6-20(7-9-21)14(3)22/h10-13H,4-9H2,1-3H3,(H,19,23). The van der Waals surface area contributed by atoms with E-state index in [0.29, 0.717) is 31.1 Å². The molecule has 1 aromatic rings. The highest BCUT2D eigenvalue weighted by Crippen LogP contribution is 2.17. The lowest BCUT2D eigenvalue weighted by atomic mass is 10.1. The molecule has 1 aliphatic heterocycles. The third-order valence-electron chi connectivity index (χ3n) is 4.08. The average molecular weight is 318 g/mol. The Hall–Kier alpha value is -2.11. The molecule has 0 saturated carbocycles. The van der Waals surface area contributed by atoms with Crippen molar-refractivity contribution in [1.82, 2.24) is 15.2 Å². The summed E-state index contributed by atoms with van der Waals surface area (Å²) >= 11 is 0. The van der Waals surface area contributed by atoms with Crippen LogP contribution in [-0.4, -0.2) is 54.4 Å². The van der Waals surface area contributed by atoms with Crippen molar-refractivity contribution in [2.45, 2.75) is 27.2 Å². The summed E-state index contributed by atoms with van der Waals surface area (Å²) < 4.78 is 0. The van der Waals surface area contributed by atoms with Crippen molar-refractivity contribution in [2.24, 2.45) is 5.92 Å². The number of rotatable bonds is 5. The normalized spacial score (nSPS) is 15.0. The maximum atomic E-state index is 12.2.